The lowest BCUT2D eigenvalue weighted by Gasteiger charge is -2.31. The van der Waals surface area contributed by atoms with Gasteiger partial charge < -0.3 is 24.7 Å². The second-order valence-corrected chi connectivity index (χ2v) is 20.0. The summed E-state index contributed by atoms with van der Waals surface area (Å²) in [5, 5.41) is 40.2. The van der Waals surface area contributed by atoms with Crippen molar-refractivity contribution in [2.75, 3.05) is 49.4 Å². The third-order valence-corrected chi connectivity index (χ3v) is 15.5. The first kappa shape index (κ1) is 45.7. The molecule has 3 aliphatic rings. The van der Waals surface area contributed by atoms with Gasteiger partial charge in [0.05, 0.1) is 59.4 Å². The van der Waals surface area contributed by atoms with Gasteiger partial charge in [0.25, 0.3) is 0 Å². The topological polar surface area (TPSA) is 170 Å². The van der Waals surface area contributed by atoms with E-state index in [1.54, 1.807) is 45.7 Å². The average Bonchev–Trinajstić information content (AvgIpc) is 4.07. The lowest BCUT2D eigenvalue weighted by molar-refractivity contribution is -0.142. The molecule has 13 rings (SSSR count). The van der Waals surface area contributed by atoms with Crippen LogP contribution in [0.15, 0.2) is 97.6 Å². The summed E-state index contributed by atoms with van der Waals surface area (Å²) in [6.07, 6.45) is 8.02. The number of aliphatic carboxylic acids is 1. The van der Waals surface area contributed by atoms with Crippen LogP contribution in [0.1, 0.15) is 29.5 Å². The lowest BCUT2D eigenvalue weighted by Crippen LogP contribution is -2.36. The Bertz CT molecular complexity index is 3870. The minimum Gasteiger partial charge on any atom is -0.481 e. The van der Waals surface area contributed by atoms with Crippen LogP contribution in [0.4, 0.5) is 24.8 Å². The van der Waals surface area contributed by atoms with E-state index in [4.69, 9.17) is 35.1 Å². The van der Waals surface area contributed by atoms with Gasteiger partial charge in [0.1, 0.15) is 47.0 Å². The van der Waals surface area contributed by atoms with Crippen LogP contribution in [0.2, 0.25) is 0 Å². The largest absolute Gasteiger partial charge is 0.481 e. The fourth-order valence-corrected chi connectivity index (χ4v) is 11.8. The van der Waals surface area contributed by atoms with Crippen molar-refractivity contribution < 1.29 is 32.9 Å². The number of hydrogen-bond donors (Lipinski definition) is 2. The molecule has 0 bridgehead atoms. The Morgan fingerprint density at radius 2 is 1.38 bits per heavy atom. The van der Waals surface area contributed by atoms with Gasteiger partial charge in [-0.1, -0.05) is 24.3 Å². The number of halogens is 3. The van der Waals surface area contributed by atoms with Crippen LogP contribution >= 0.6 is 0 Å². The molecule has 3 fully saturated rings. The molecule has 374 valence electrons. The second kappa shape index (κ2) is 17.5. The number of rotatable bonds is 12. The van der Waals surface area contributed by atoms with Gasteiger partial charge in [-0.3, -0.25) is 14.2 Å². The van der Waals surface area contributed by atoms with E-state index in [1.165, 1.54) is 10.7 Å². The molecule has 8 heterocycles. The summed E-state index contributed by atoms with van der Waals surface area (Å²) in [7, 11) is 1.66. The summed E-state index contributed by atoms with van der Waals surface area (Å²) in [6.45, 7) is 7.40. The van der Waals surface area contributed by atoms with E-state index in [1.807, 2.05) is 74.6 Å². The lowest BCUT2D eigenvalue weighted by atomic mass is 9.97. The Morgan fingerprint density at radius 1 is 0.703 bits per heavy atom. The number of piperidine rings is 2. The van der Waals surface area contributed by atoms with Crippen molar-refractivity contribution >= 4 is 61.2 Å². The monoisotopic (exact) mass is 998 g/mol. The molecule has 3 atom stereocenters. The predicted octanol–water partition coefficient (Wildman–Crippen LogP) is 8.76. The van der Waals surface area contributed by atoms with Crippen LogP contribution in [0.25, 0.3) is 77.5 Å². The highest BCUT2D eigenvalue weighted by Crippen LogP contribution is 2.52. The number of carboxylic acid groups (broad SMARTS) is 1. The van der Waals surface area contributed by atoms with Crippen LogP contribution in [-0.4, -0.2) is 105 Å². The highest BCUT2D eigenvalue weighted by atomic mass is 19.1. The maximum absolute atomic E-state index is 16.5. The average molecular weight is 999 g/mol. The fourth-order valence-electron chi connectivity index (χ4n) is 11.8. The molecule has 19 heteroatoms. The SMILES string of the molecule is Cc1cccc2c(-c3c(F)ccc4nn(Cc5cc(C)c6c(c5)c(-c5c(F)cc(F)c7nn(C)cc57)nn6-c5ccc(N6C[C@@H]7[C@@H](COCO)[C@@H]7C6)nc5)cc34)nn(-c3ccc(N4CCC(C(=O)O)CC4)nc3)c12. The Morgan fingerprint density at radius 3 is 2.05 bits per heavy atom. The minimum atomic E-state index is -0.776. The summed E-state index contributed by atoms with van der Waals surface area (Å²) >= 11 is 0. The third-order valence-electron chi connectivity index (χ3n) is 15.5. The summed E-state index contributed by atoms with van der Waals surface area (Å²) in [4.78, 5) is 25.5. The van der Waals surface area contributed by atoms with E-state index in [0.717, 1.165) is 58.4 Å². The maximum Gasteiger partial charge on any atom is 0.306 e. The number of hydrogen-bond acceptors (Lipinski definition) is 11. The van der Waals surface area contributed by atoms with Crippen LogP contribution in [0.3, 0.4) is 0 Å². The standard InChI is InChI=1S/C55H49F3N12O4/c1-29-5-4-6-35-51(63-69(53(29)35)33-7-11-46(59-20-33)66-15-13-32(14-16-66)55(72)73)48-39-26-68(61-45(39)10-9-42(48)56)22-31-17-30(2)54-36(18-31)52(49-40-23-65(3)62-50(40)44(58)19-43(49)57)64-70(54)34-8-12-47(60-21-34)67-24-37-38(25-67)41(37)27-74-28-71/h4-12,17-21,23,26,32,37-38,41,71H,13-16,22,24-25,27-28H2,1-3H3,(H,72,73)/t37-,38+,41+. The van der Waals surface area contributed by atoms with Crippen LogP contribution in [0.5, 0.6) is 0 Å². The molecule has 0 amide bonds. The minimum absolute atomic E-state index is 0.0272. The molecule has 2 saturated heterocycles. The summed E-state index contributed by atoms with van der Waals surface area (Å²) < 4.78 is 60.2. The van der Waals surface area contributed by atoms with Gasteiger partial charge >= 0.3 is 5.97 Å². The molecule has 74 heavy (non-hydrogen) atoms. The van der Waals surface area contributed by atoms with Gasteiger partial charge in [0.15, 0.2) is 5.82 Å². The van der Waals surface area contributed by atoms with Crippen LogP contribution in [0, 0.1) is 55.0 Å². The normalized spacial score (nSPS) is 18.0. The van der Waals surface area contributed by atoms with Crippen molar-refractivity contribution in [3.05, 3.63) is 132 Å². The summed E-state index contributed by atoms with van der Waals surface area (Å²) in [5.74, 6) is -0.0858. The number of pyridine rings is 2. The number of anilines is 2. The first-order chi connectivity index (χ1) is 35.9. The molecule has 6 aromatic heterocycles. The number of aliphatic hydroxyl groups excluding tert-OH is 1. The van der Waals surface area contributed by atoms with E-state index in [0.29, 0.717) is 100 Å². The molecule has 0 spiro atoms. The maximum atomic E-state index is 16.5. The first-order valence-electron chi connectivity index (χ1n) is 24.7. The number of benzene rings is 4. The molecule has 10 aromatic rings. The number of carbonyl (C=O) groups is 1. The zero-order chi connectivity index (χ0) is 50.7. The Labute approximate surface area is 420 Å². The number of carboxylic acids is 1. The van der Waals surface area contributed by atoms with Crippen LogP contribution in [-0.2, 0) is 23.1 Å². The number of aliphatic hydroxyl groups is 1. The summed E-state index contributed by atoms with van der Waals surface area (Å²) in [5.41, 5.74) is 7.21. The zero-order valence-electron chi connectivity index (χ0n) is 40.6. The molecule has 0 unspecified atom stereocenters. The van der Waals surface area contributed by atoms with E-state index in [-0.39, 0.29) is 35.7 Å². The van der Waals surface area contributed by atoms with Crippen molar-refractivity contribution in [1.29, 1.82) is 0 Å². The molecule has 4 aromatic carbocycles. The molecule has 2 N–H and O–H groups in total. The van der Waals surface area contributed by atoms with E-state index in [2.05, 4.69) is 14.9 Å². The van der Waals surface area contributed by atoms with Gasteiger partial charge in [0, 0.05) is 84.4 Å². The van der Waals surface area contributed by atoms with E-state index >= 15 is 13.2 Å². The van der Waals surface area contributed by atoms with Crippen molar-refractivity contribution in [2.24, 2.45) is 30.7 Å². The van der Waals surface area contributed by atoms with Gasteiger partial charge in [0.2, 0.25) is 0 Å². The molecule has 0 radical (unpaired) electrons. The van der Waals surface area contributed by atoms with Crippen LogP contribution < -0.4 is 9.80 Å². The fraction of sp³-hybridized carbons (Fsp3) is 0.291. The molecule has 16 nitrogen and oxygen atoms in total. The summed E-state index contributed by atoms with van der Waals surface area (Å²) in [6, 6.07) is 21.5. The predicted molar refractivity (Wildman–Crippen MR) is 273 cm³/mol. The van der Waals surface area contributed by atoms with Crippen molar-refractivity contribution in [2.45, 2.75) is 33.2 Å². The van der Waals surface area contributed by atoms with Crippen molar-refractivity contribution in [3.8, 4) is 33.9 Å². The highest BCUT2D eigenvalue weighted by molar-refractivity contribution is 6.05. The molecule has 2 aliphatic heterocycles. The second-order valence-electron chi connectivity index (χ2n) is 20.0. The number of aryl methyl sites for hydroxylation is 3. The highest BCUT2D eigenvalue weighted by Gasteiger charge is 2.55. The zero-order valence-corrected chi connectivity index (χ0v) is 40.6. The van der Waals surface area contributed by atoms with E-state index in [9.17, 15) is 9.90 Å². The molecular weight excluding hydrogens is 950 g/mol. The number of aromatic nitrogens is 10. The van der Waals surface area contributed by atoms with Gasteiger partial charge in [-0.05, 0) is 104 Å². The van der Waals surface area contributed by atoms with Gasteiger partial charge in [-0.2, -0.15) is 20.4 Å². The van der Waals surface area contributed by atoms with E-state index < -0.39 is 23.4 Å². The number of fused-ring (bicyclic) bond motifs is 5. The molecular formula is C55H49F3N12O4. The number of para-hydroxylation sites is 1. The molecule has 1 aliphatic carbocycles. The quantitative estimate of drug-likeness (QED) is 0.112. The number of nitrogens with zero attached hydrogens (tertiary/aromatic N) is 12. The molecule has 1 saturated carbocycles. The first-order valence-corrected chi connectivity index (χ1v) is 24.7. The van der Waals surface area contributed by atoms with Crippen molar-refractivity contribution in [1.82, 2.24) is 49.1 Å². The van der Waals surface area contributed by atoms with Gasteiger partial charge in [-0.15, -0.1) is 0 Å². The Hall–Kier alpha value is -8.16. The smallest absolute Gasteiger partial charge is 0.306 e. The Kier molecular flexibility index (Phi) is 10.8. The third kappa shape index (κ3) is 7.54. The van der Waals surface area contributed by atoms with Crippen molar-refractivity contribution in [3.63, 3.8) is 0 Å². The van der Waals surface area contributed by atoms with Gasteiger partial charge in [-0.25, -0.2) is 32.5 Å². The Balaban J connectivity index is 0.861. The number of ether oxygens (including phenoxy) is 1.